The Morgan fingerprint density at radius 2 is 2.14 bits per heavy atom. The van der Waals surface area contributed by atoms with Crippen molar-refractivity contribution in [2.45, 2.75) is 0 Å². The average molecular weight is 287 g/mol. The third kappa shape index (κ3) is 3.69. The van der Waals surface area contributed by atoms with Gasteiger partial charge in [-0.3, -0.25) is 0 Å². The van der Waals surface area contributed by atoms with Gasteiger partial charge in [-0.05, 0) is 24.3 Å². The maximum absolute atomic E-state index is 11.5. The third-order valence-corrected chi connectivity index (χ3v) is 2.56. The first-order valence-corrected chi connectivity index (χ1v) is 5.97. The van der Waals surface area contributed by atoms with Crippen LogP contribution in [0.2, 0.25) is 0 Å². The molecule has 0 aliphatic rings. The number of esters is 1. The fourth-order valence-electron chi connectivity index (χ4n) is 1.65. The lowest BCUT2D eigenvalue weighted by Crippen LogP contribution is -2.24. The Morgan fingerprint density at radius 1 is 1.33 bits per heavy atom. The summed E-state index contributed by atoms with van der Waals surface area (Å²) in [6, 6.07) is 9.48. The molecule has 7 heteroatoms. The number of ether oxygens (including phenoxy) is 1. The largest absolute Gasteiger partial charge is 0.465 e. The molecule has 0 radical (unpaired) electrons. The first kappa shape index (κ1) is 14.3. The Labute approximate surface area is 120 Å². The summed E-state index contributed by atoms with van der Waals surface area (Å²) in [7, 11) is 1.32. The highest BCUT2D eigenvalue weighted by Crippen LogP contribution is 2.22. The molecule has 0 saturated carbocycles. The van der Waals surface area contributed by atoms with Gasteiger partial charge in [0.1, 0.15) is 11.5 Å². The predicted molar refractivity (Wildman–Crippen MR) is 75.8 cm³/mol. The minimum atomic E-state index is -0.760. The van der Waals surface area contributed by atoms with Crippen LogP contribution >= 0.6 is 0 Å². The number of benzene rings is 1. The smallest absolute Gasteiger partial charge is 0.337 e. The maximum Gasteiger partial charge on any atom is 0.337 e. The average Bonchev–Trinajstić information content (AvgIpc) is 2.95. The van der Waals surface area contributed by atoms with Gasteiger partial charge in [-0.15, -0.1) is 0 Å². The predicted octanol–water partition coefficient (Wildman–Crippen LogP) is 1.74. The minimum Gasteiger partial charge on any atom is -0.465 e. The van der Waals surface area contributed by atoms with Crippen molar-refractivity contribution >= 4 is 18.2 Å². The number of primary amides is 1. The molecule has 0 bridgehead atoms. The lowest BCUT2D eigenvalue weighted by Gasteiger charge is -2.01. The van der Waals surface area contributed by atoms with E-state index in [-0.39, 0.29) is 0 Å². The van der Waals surface area contributed by atoms with Gasteiger partial charge in [-0.25, -0.2) is 15.0 Å². The molecule has 0 aliphatic heterocycles. The maximum atomic E-state index is 11.5. The van der Waals surface area contributed by atoms with Gasteiger partial charge in [0.25, 0.3) is 0 Å². The summed E-state index contributed by atoms with van der Waals surface area (Å²) in [6.45, 7) is 0. The first-order valence-electron chi connectivity index (χ1n) is 5.97. The SMILES string of the molecule is COC(=O)c1cccc(-c2ccc(C=NNC(N)=O)o2)c1. The van der Waals surface area contributed by atoms with Crippen LogP contribution in [0, 0.1) is 0 Å². The number of hydrazone groups is 1. The standard InChI is InChI=1S/C14H13N3O4/c1-20-13(18)10-4-2-3-9(7-10)12-6-5-11(21-12)8-16-17-14(15)19/h2-8H,1H3,(H3,15,17,19). The molecule has 0 spiro atoms. The van der Waals surface area contributed by atoms with Gasteiger partial charge in [0, 0.05) is 5.56 Å². The van der Waals surface area contributed by atoms with Crippen LogP contribution in [-0.4, -0.2) is 25.3 Å². The van der Waals surface area contributed by atoms with Gasteiger partial charge in [0.15, 0.2) is 0 Å². The Bertz CT molecular complexity index is 691. The summed E-state index contributed by atoms with van der Waals surface area (Å²) < 4.78 is 10.2. The second-order valence-electron chi connectivity index (χ2n) is 4.01. The van der Waals surface area contributed by atoms with Crippen molar-refractivity contribution in [2.24, 2.45) is 10.8 Å². The van der Waals surface area contributed by atoms with Gasteiger partial charge in [-0.1, -0.05) is 12.1 Å². The lowest BCUT2D eigenvalue weighted by molar-refractivity contribution is 0.0601. The number of amides is 2. The zero-order chi connectivity index (χ0) is 15.2. The second-order valence-corrected chi connectivity index (χ2v) is 4.01. The Hall–Kier alpha value is -3.09. The number of methoxy groups -OCH3 is 1. The van der Waals surface area contributed by atoms with E-state index in [1.165, 1.54) is 13.3 Å². The fourth-order valence-corrected chi connectivity index (χ4v) is 1.65. The number of carbonyl (C=O) groups is 2. The lowest BCUT2D eigenvalue weighted by atomic mass is 10.1. The van der Waals surface area contributed by atoms with Gasteiger partial charge >= 0.3 is 12.0 Å². The van der Waals surface area contributed by atoms with E-state index in [0.717, 1.165) is 5.56 Å². The van der Waals surface area contributed by atoms with Crippen LogP contribution in [0.4, 0.5) is 4.79 Å². The van der Waals surface area contributed by atoms with Crippen molar-refractivity contribution < 1.29 is 18.7 Å². The quantitative estimate of drug-likeness (QED) is 0.507. The van der Waals surface area contributed by atoms with Crippen LogP contribution in [0.3, 0.4) is 0 Å². The van der Waals surface area contributed by atoms with Crippen LogP contribution in [0.15, 0.2) is 45.9 Å². The molecule has 0 fully saturated rings. The highest BCUT2D eigenvalue weighted by molar-refractivity contribution is 5.90. The van der Waals surface area contributed by atoms with Crippen molar-refractivity contribution in [1.82, 2.24) is 5.43 Å². The molecule has 2 rings (SSSR count). The number of urea groups is 1. The van der Waals surface area contributed by atoms with E-state index < -0.39 is 12.0 Å². The normalized spacial score (nSPS) is 10.5. The van der Waals surface area contributed by atoms with Crippen molar-refractivity contribution in [1.29, 1.82) is 0 Å². The van der Waals surface area contributed by atoms with E-state index in [1.54, 1.807) is 36.4 Å². The number of rotatable bonds is 4. The fraction of sp³-hybridized carbons (Fsp3) is 0.0714. The molecule has 0 saturated heterocycles. The van der Waals surface area contributed by atoms with E-state index in [0.29, 0.717) is 17.1 Å². The van der Waals surface area contributed by atoms with Gasteiger partial charge in [0.05, 0.1) is 18.9 Å². The summed E-state index contributed by atoms with van der Waals surface area (Å²) in [5, 5.41) is 3.59. The molecular formula is C14H13N3O4. The number of nitrogens with zero attached hydrogens (tertiary/aromatic N) is 1. The summed E-state index contributed by atoms with van der Waals surface area (Å²) in [4.78, 5) is 22.0. The third-order valence-electron chi connectivity index (χ3n) is 2.56. The van der Waals surface area contributed by atoms with E-state index in [4.69, 9.17) is 10.2 Å². The van der Waals surface area contributed by atoms with Crippen LogP contribution in [0.25, 0.3) is 11.3 Å². The molecule has 7 nitrogen and oxygen atoms in total. The van der Waals surface area contributed by atoms with E-state index in [2.05, 4.69) is 15.3 Å². The molecular weight excluding hydrogens is 274 g/mol. The van der Waals surface area contributed by atoms with Crippen LogP contribution in [-0.2, 0) is 4.74 Å². The molecule has 1 aromatic heterocycles. The second kappa shape index (κ2) is 6.38. The Morgan fingerprint density at radius 3 is 2.86 bits per heavy atom. The van der Waals surface area contributed by atoms with Crippen molar-refractivity contribution in [3.8, 4) is 11.3 Å². The number of nitrogens with two attached hydrogens (primary N) is 1. The summed E-state index contributed by atoms with van der Waals surface area (Å²) in [6.07, 6.45) is 1.32. The molecule has 3 N–H and O–H groups in total. The van der Waals surface area contributed by atoms with Crippen molar-refractivity contribution in [3.63, 3.8) is 0 Å². The summed E-state index contributed by atoms with van der Waals surface area (Å²) in [5.41, 5.74) is 8.09. The van der Waals surface area contributed by atoms with E-state index in [9.17, 15) is 9.59 Å². The molecule has 2 aromatic rings. The number of hydrogen-bond acceptors (Lipinski definition) is 5. The van der Waals surface area contributed by atoms with Gasteiger partial charge in [0.2, 0.25) is 0 Å². The molecule has 108 valence electrons. The number of nitrogens with one attached hydrogen (secondary N) is 1. The molecule has 0 aliphatic carbocycles. The van der Waals surface area contributed by atoms with Crippen LogP contribution < -0.4 is 11.2 Å². The van der Waals surface area contributed by atoms with Gasteiger partial charge < -0.3 is 14.9 Å². The van der Waals surface area contributed by atoms with Crippen LogP contribution in [0.5, 0.6) is 0 Å². The molecule has 1 aromatic carbocycles. The minimum absolute atomic E-state index is 0.421. The zero-order valence-electron chi connectivity index (χ0n) is 11.2. The first-order chi connectivity index (χ1) is 10.1. The van der Waals surface area contributed by atoms with Crippen molar-refractivity contribution in [2.75, 3.05) is 7.11 Å². The van der Waals surface area contributed by atoms with Crippen LogP contribution in [0.1, 0.15) is 16.1 Å². The molecule has 0 unspecified atom stereocenters. The number of hydrogen-bond donors (Lipinski definition) is 2. The van der Waals surface area contributed by atoms with Crippen molar-refractivity contribution in [3.05, 3.63) is 47.7 Å². The Balaban J connectivity index is 2.19. The Kier molecular flexibility index (Phi) is 4.35. The topological polar surface area (TPSA) is 107 Å². The summed E-state index contributed by atoms with van der Waals surface area (Å²) >= 11 is 0. The monoisotopic (exact) mass is 287 g/mol. The molecule has 1 heterocycles. The molecule has 2 amide bonds. The number of furan rings is 1. The van der Waals surface area contributed by atoms with E-state index >= 15 is 0 Å². The highest BCUT2D eigenvalue weighted by Gasteiger charge is 2.09. The summed E-state index contributed by atoms with van der Waals surface area (Å²) in [5.74, 6) is 0.569. The van der Waals surface area contributed by atoms with E-state index in [1.807, 2.05) is 0 Å². The highest BCUT2D eigenvalue weighted by atomic mass is 16.5. The molecule has 21 heavy (non-hydrogen) atoms. The number of carbonyl (C=O) groups excluding carboxylic acids is 2. The van der Waals surface area contributed by atoms with Gasteiger partial charge in [-0.2, -0.15) is 5.10 Å². The molecule has 0 atom stereocenters. The zero-order valence-corrected chi connectivity index (χ0v) is 11.2.